The highest BCUT2D eigenvalue weighted by Crippen LogP contribution is 2.31. The fourth-order valence-corrected chi connectivity index (χ4v) is 4.19. The predicted molar refractivity (Wildman–Crippen MR) is 130 cm³/mol. The summed E-state index contributed by atoms with van der Waals surface area (Å²) in [6, 6.07) is 8.03. The third-order valence-electron chi connectivity index (χ3n) is 5.88. The van der Waals surface area contributed by atoms with Gasteiger partial charge in [-0.05, 0) is 56.8 Å². The summed E-state index contributed by atoms with van der Waals surface area (Å²) >= 11 is 5.89. The second-order valence-electron chi connectivity index (χ2n) is 8.78. The predicted octanol–water partition coefficient (Wildman–Crippen LogP) is 5.45. The van der Waals surface area contributed by atoms with Crippen LogP contribution >= 0.6 is 11.6 Å². The van der Waals surface area contributed by atoms with E-state index in [2.05, 4.69) is 45.5 Å². The van der Waals surface area contributed by atoms with Crippen LogP contribution in [0.25, 0.3) is 10.9 Å². The number of Topliss-reactive ketones (excluding diaryl/α,β-unsaturated/α-hetero) is 1. The highest BCUT2D eigenvalue weighted by atomic mass is 35.5. The second kappa shape index (κ2) is 9.49. The number of allylic oxidation sites excluding steroid dienone is 1. The molecular weight excluding hydrogens is 458 g/mol. The average Bonchev–Trinajstić information content (AvgIpc) is 3.14. The quantitative estimate of drug-likeness (QED) is 0.388. The molecule has 1 unspecified atom stereocenters. The normalized spacial score (nSPS) is 17.9. The number of likely N-dealkylation sites (tertiary alicyclic amines) is 1. The van der Waals surface area contributed by atoms with Gasteiger partial charge in [-0.3, -0.25) is 4.79 Å². The lowest BCUT2D eigenvalue weighted by Crippen LogP contribution is -2.20. The van der Waals surface area contributed by atoms with Crippen LogP contribution in [0.2, 0.25) is 5.02 Å². The molecule has 0 bridgehead atoms. The molecule has 0 radical (unpaired) electrons. The highest BCUT2D eigenvalue weighted by Gasteiger charge is 2.30. The van der Waals surface area contributed by atoms with E-state index < -0.39 is 17.4 Å². The number of nitrogens with one attached hydrogen (secondary N) is 1. The van der Waals surface area contributed by atoms with Crippen molar-refractivity contribution >= 4 is 39.8 Å². The fraction of sp³-hybridized carbons (Fsp3) is 0.269. The molecule has 2 heterocycles. The lowest BCUT2D eigenvalue weighted by atomic mass is 9.89. The van der Waals surface area contributed by atoms with E-state index >= 15 is 0 Å². The van der Waals surface area contributed by atoms with Gasteiger partial charge in [-0.25, -0.2) is 18.7 Å². The molecule has 3 aromatic rings. The van der Waals surface area contributed by atoms with Gasteiger partial charge in [-0.2, -0.15) is 0 Å². The van der Waals surface area contributed by atoms with Crippen LogP contribution in [0.3, 0.4) is 0 Å². The number of ketones is 1. The van der Waals surface area contributed by atoms with Gasteiger partial charge >= 0.3 is 0 Å². The van der Waals surface area contributed by atoms with E-state index in [1.807, 2.05) is 7.05 Å². The topological polar surface area (TPSA) is 58.1 Å². The molecule has 0 amide bonds. The number of hydrogen-bond acceptors (Lipinski definition) is 5. The van der Waals surface area contributed by atoms with Crippen LogP contribution in [-0.4, -0.2) is 40.8 Å². The van der Waals surface area contributed by atoms with Gasteiger partial charge in [-0.1, -0.05) is 36.1 Å². The Bertz CT molecular complexity index is 1360. The molecule has 1 atom stereocenters. The van der Waals surface area contributed by atoms with Gasteiger partial charge in [0.25, 0.3) is 0 Å². The van der Waals surface area contributed by atoms with E-state index in [0.29, 0.717) is 27.8 Å². The molecule has 0 spiro atoms. The Hall–Kier alpha value is -3.34. The number of fused-ring (bicyclic) bond motifs is 1. The molecule has 1 aliphatic heterocycles. The molecule has 174 valence electrons. The summed E-state index contributed by atoms with van der Waals surface area (Å²) in [6.45, 7) is 7.01. The summed E-state index contributed by atoms with van der Waals surface area (Å²) in [7, 11) is 2.05. The molecule has 8 heteroatoms. The molecule has 1 aliphatic rings. The van der Waals surface area contributed by atoms with Gasteiger partial charge in [0, 0.05) is 29.3 Å². The minimum Gasteiger partial charge on any atom is -0.337 e. The van der Waals surface area contributed by atoms with Crippen molar-refractivity contribution in [3.8, 4) is 11.8 Å². The summed E-state index contributed by atoms with van der Waals surface area (Å²) in [5.74, 6) is 4.49. The Morgan fingerprint density at radius 1 is 1.35 bits per heavy atom. The Morgan fingerprint density at radius 3 is 2.85 bits per heavy atom. The SMILES string of the molecule is C=C(F)C(=O)Cc1cc2c(Nc3cccc(Cl)c3F)ncnc2cc1C#CC1(C)CCN(C)C1. The smallest absolute Gasteiger partial charge is 0.194 e. The fourth-order valence-electron chi connectivity index (χ4n) is 4.02. The lowest BCUT2D eigenvalue weighted by molar-refractivity contribution is -0.116. The number of halogens is 3. The van der Waals surface area contributed by atoms with Crippen LogP contribution in [0.4, 0.5) is 20.3 Å². The number of carbonyl (C=O) groups is 1. The maximum Gasteiger partial charge on any atom is 0.194 e. The van der Waals surface area contributed by atoms with Crippen molar-refractivity contribution in [3.05, 3.63) is 71.0 Å². The zero-order chi connectivity index (χ0) is 24.5. The standard InChI is InChI=1S/C26H23ClF2N4O/c1-16(28)23(34)13-18-11-19-22(12-17(18)7-8-26(2)9-10-33(3)14-26)30-15-31-25(19)32-21-6-4-5-20(27)24(21)29/h4-6,11-12,15H,1,9-10,13-14H2,2-3H3,(H,30,31,32). The maximum absolute atomic E-state index is 14.4. The van der Waals surface area contributed by atoms with Crippen LogP contribution in [0.1, 0.15) is 24.5 Å². The van der Waals surface area contributed by atoms with Gasteiger partial charge in [-0.15, -0.1) is 0 Å². The maximum atomic E-state index is 14.4. The van der Waals surface area contributed by atoms with Crippen LogP contribution in [0.5, 0.6) is 0 Å². The van der Waals surface area contributed by atoms with Crippen LogP contribution in [-0.2, 0) is 11.2 Å². The number of anilines is 2. The molecule has 1 N–H and O–H groups in total. The first-order valence-corrected chi connectivity index (χ1v) is 11.1. The lowest BCUT2D eigenvalue weighted by Gasteiger charge is -2.16. The summed E-state index contributed by atoms with van der Waals surface area (Å²) < 4.78 is 28.0. The Labute approximate surface area is 201 Å². The van der Waals surface area contributed by atoms with E-state index in [-0.39, 0.29) is 22.5 Å². The number of aromatic nitrogens is 2. The number of carbonyl (C=O) groups excluding carboxylic acids is 1. The molecule has 1 saturated heterocycles. The number of nitrogens with zero attached hydrogens (tertiary/aromatic N) is 3. The van der Waals surface area contributed by atoms with Gasteiger partial charge in [0.05, 0.1) is 16.2 Å². The van der Waals surface area contributed by atoms with Crippen molar-refractivity contribution in [1.29, 1.82) is 0 Å². The van der Waals surface area contributed by atoms with Crippen molar-refractivity contribution in [1.82, 2.24) is 14.9 Å². The van der Waals surface area contributed by atoms with Crippen molar-refractivity contribution in [2.45, 2.75) is 19.8 Å². The van der Waals surface area contributed by atoms with E-state index in [0.717, 1.165) is 19.5 Å². The van der Waals surface area contributed by atoms with Crippen LogP contribution in [0, 0.1) is 23.1 Å². The first-order chi connectivity index (χ1) is 16.1. The monoisotopic (exact) mass is 480 g/mol. The molecule has 1 fully saturated rings. The van der Waals surface area contributed by atoms with E-state index in [1.54, 1.807) is 18.2 Å². The van der Waals surface area contributed by atoms with Gasteiger partial charge < -0.3 is 10.2 Å². The van der Waals surface area contributed by atoms with Crippen molar-refractivity contribution in [2.75, 3.05) is 25.5 Å². The zero-order valence-electron chi connectivity index (χ0n) is 18.9. The molecule has 5 nitrogen and oxygen atoms in total. The highest BCUT2D eigenvalue weighted by molar-refractivity contribution is 6.31. The summed E-state index contributed by atoms with van der Waals surface area (Å²) in [4.78, 5) is 23.0. The minimum atomic E-state index is -1.02. The van der Waals surface area contributed by atoms with E-state index in [4.69, 9.17) is 11.6 Å². The third kappa shape index (κ3) is 5.09. The van der Waals surface area contributed by atoms with E-state index in [9.17, 15) is 13.6 Å². The van der Waals surface area contributed by atoms with Crippen molar-refractivity contribution in [3.63, 3.8) is 0 Å². The molecular formula is C26H23ClF2N4O. The summed E-state index contributed by atoms with van der Waals surface area (Å²) in [5.41, 5.74) is 1.61. The largest absolute Gasteiger partial charge is 0.337 e. The first kappa shape index (κ1) is 23.8. The van der Waals surface area contributed by atoms with E-state index in [1.165, 1.54) is 18.5 Å². The Kier molecular flexibility index (Phi) is 6.65. The number of benzene rings is 2. The van der Waals surface area contributed by atoms with Gasteiger partial charge in [0.1, 0.15) is 12.1 Å². The molecule has 1 aromatic heterocycles. The minimum absolute atomic E-state index is 0.0280. The number of hydrogen-bond donors (Lipinski definition) is 1. The van der Waals surface area contributed by atoms with Crippen molar-refractivity contribution < 1.29 is 13.6 Å². The van der Waals surface area contributed by atoms with Crippen LogP contribution < -0.4 is 5.32 Å². The zero-order valence-corrected chi connectivity index (χ0v) is 19.6. The van der Waals surface area contributed by atoms with Crippen LogP contribution in [0.15, 0.2) is 49.1 Å². The Morgan fingerprint density at radius 2 is 2.15 bits per heavy atom. The third-order valence-corrected chi connectivity index (χ3v) is 6.17. The van der Waals surface area contributed by atoms with Gasteiger partial charge in [0.15, 0.2) is 17.4 Å². The molecule has 2 aromatic carbocycles. The first-order valence-electron chi connectivity index (χ1n) is 10.7. The van der Waals surface area contributed by atoms with Gasteiger partial charge in [0.2, 0.25) is 0 Å². The Balaban J connectivity index is 1.80. The number of rotatable bonds is 5. The molecule has 0 saturated carbocycles. The average molecular weight is 481 g/mol. The summed E-state index contributed by atoms with van der Waals surface area (Å²) in [5, 5.41) is 3.44. The van der Waals surface area contributed by atoms with Crippen molar-refractivity contribution in [2.24, 2.45) is 5.41 Å². The molecule has 0 aliphatic carbocycles. The molecule has 34 heavy (non-hydrogen) atoms. The summed E-state index contributed by atoms with van der Waals surface area (Å²) in [6.07, 6.45) is 2.07. The second-order valence-corrected chi connectivity index (χ2v) is 9.19. The molecule has 4 rings (SSSR count).